The first kappa shape index (κ1) is 10.3. The third-order valence-corrected chi connectivity index (χ3v) is 3.05. The summed E-state index contributed by atoms with van der Waals surface area (Å²) in [5.41, 5.74) is 1.50. The van der Waals surface area contributed by atoms with Crippen molar-refractivity contribution >= 4 is 0 Å². The van der Waals surface area contributed by atoms with Gasteiger partial charge in [-0.2, -0.15) is 0 Å². The molecule has 80 valence electrons. The molecule has 15 heavy (non-hydrogen) atoms. The second-order valence-corrected chi connectivity index (χ2v) is 4.67. The molecule has 2 rings (SSSR count). The molecule has 1 aliphatic heterocycles. The number of allylic oxidation sites excluding steroid dienone is 2. The molecule has 0 N–H and O–H groups in total. The summed E-state index contributed by atoms with van der Waals surface area (Å²) in [6, 6.07) is 10.7. The first-order valence-corrected chi connectivity index (χ1v) is 5.52. The maximum atomic E-state index is 5.66. The number of ether oxygens (including phenoxy) is 1. The number of hydrogen-bond acceptors (Lipinski definition) is 1. The van der Waals surface area contributed by atoms with Crippen molar-refractivity contribution in [2.45, 2.75) is 38.7 Å². The standard InChI is InChI=1S/C14H18O/c1-11-9-14(3,10-12(2)15-11)13-7-5-4-6-8-13/h4-9,12H,10H2,1-3H3. The first-order valence-electron chi connectivity index (χ1n) is 5.52. The van der Waals surface area contributed by atoms with Crippen LogP contribution >= 0.6 is 0 Å². The molecule has 2 atom stereocenters. The van der Waals surface area contributed by atoms with Gasteiger partial charge in [-0.25, -0.2) is 0 Å². The summed E-state index contributed by atoms with van der Waals surface area (Å²) in [7, 11) is 0. The van der Waals surface area contributed by atoms with Crippen molar-refractivity contribution in [2.24, 2.45) is 0 Å². The normalized spacial score (nSPS) is 30.6. The topological polar surface area (TPSA) is 9.23 Å². The second kappa shape index (κ2) is 3.73. The van der Waals surface area contributed by atoms with Crippen LogP contribution in [0.3, 0.4) is 0 Å². The van der Waals surface area contributed by atoms with Crippen molar-refractivity contribution in [3.8, 4) is 0 Å². The number of rotatable bonds is 1. The van der Waals surface area contributed by atoms with Crippen LogP contribution in [0.25, 0.3) is 0 Å². The Balaban J connectivity index is 2.38. The highest BCUT2D eigenvalue weighted by Gasteiger charge is 2.31. The van der Waals surface area contributed by atoms with Gasteiger partial charge in [-0.3, -0.25) is 0 Å². The van der Waals surface area contributed by atoms with Crippen molar-refractivity contribution in [3.05, 3.63) is 47.7 Å². The van der Waals surface area contributed by atoms with E-state index in [1.165, 1.54) is 5.56 Å². The van der Waals surface area contributed by atoms with Crippen LogP contribution in [0, 0.1) is 0 Å². The third-order valence-electron chi connectivity index (χ3n) is 3.05. The van der Waals surface area contributed by atoms with Gasteiger partial charge in [0.2, 0.25) is 0 Å². The first-order chi connectivity index (χ1) is 7.10. The molecule has 1 aromatic rings. The van der Waals surface area contributed by atoms with Crippen molar-refractivity contribution in [3.63, 3.8) is 0 Å². The van der Waals surface area contributed by atoms with Crippen LogP contribution in [0.5, 0.6) is 0 Å². The van der Waals surface area contributed by atoms with Crippen molar-refractivity contribution in [1.29, 1.82) is 0 Å². The van der Waals surface area contributed by atoms with Crippen LogP contribution in [-0.2, 0) is 10.2 Å². The molecule has 1 aromatic carbocycles. The molecule has 1 nitrogen and oxygen atoms in total. The van der Waals surface area contributed by atoms with Gasteiger partial charge in [-0.1, -0.05) is 37.3 Å². The molecule has 0 aromatic heterocycles. The lowest BCUT2D eigenvalue weighted by molar-refractivity contribution is 0.0889. The minimum Gasteiger partial charge on any atom is -0.496 e. The molecule has 0 saturated heterocycles. The van der Waals surface area contributed by atoms with E-state index in [-0.39, 0.29) is 5.41 Å². The van der Waals surface area contributed by atoms with E-state index in [0.29, 0.717) is 6.10 Å². The number of hydrogen-bond donors (Lipinski definition) is 0. The molecule has 0 bridgehead atoms. The van der Waals surface area contributed by atoms with E-state index in [4.69, 9.17) is 4.74 Å². The summed E-state index contributed by atoms with van der Waals surface area (Å²) < 4.78 is 5.66. The summed E-state index contributed by atoms with van der Waals surface area (Å²) in [6.45, 7) is 6.46. The molecule has 0 aliphatic carbocycles. The van der Waals surface area contributed by atoms with Gasteiger partial charge in [-0.15, -0.1) is 0 Å². The largest absolute Gasteiger partial charge is 0.496 e. The Morgan fingerprint density at radius 2 is 1.93 bits per heavy atom. The molecule has 0 saturated carbocycles. The third kappa shape index (κ3) is 2.06. The van der Waals surface area contributed by atoms with Gasteiger partial charge >= 0.3 is 0 Å². The summed E-state index contributed by atoms with van der Waals surface area (Å²) in [4.78, 5) is 0. The maximum absolute atomic E-state index is 5.66. The fraction of sp³-hybridized carbons (Fsp3) is 0.429. The average molecular weight is 202 g/mol. The molecule has 0 fully saturated rings. The highest BCUT2D eigenvalue weighted by Crippen LogP contribution is 2.36. The zero-order valence-electron chi connectivity index (χ0n) is 9.66. The average Bonchev–Trinajstić information content (AvgIpc) is 2.17. The van der Waals surface area contributed by atoms with Gasteiger partial charge < -0.3 is 4.74 Å². The molecule has 2 unspecified atom stereocenters. The highest BCUT2D eigenvalue weighted by molar-refractivity contribution is 5.31. The highest BCUT2D eigenvalue weighted by atomic mass is 16.5. The van der Waals surface area contributed by atoms with E-state index in [0.717, 1.165) is 12.2 Å². The number of benzene rings is 1. The molecule has 1 heterocycles. The Labute approximate surface area is 91.8 Å². The van der Waals surface area contributed by atoms with E-state index in [9.17, 15) is 0 Å². The minimum atomic E-state index is 0.128. The zero-order chi connectivity index (χ0) is 10.9. The Morgan fingerprint density at radius 3 is 2.53 bits per heavy atom. The second-order valence-electron chi connectivity index (χ2n) is 4.67. The van der Waals surface area contributed by atoms with E-state index >= 15 is 0 Å². The summed E-state index contributed by atoms with van der Waals surface area (Å²) in [6.07, 6.45) is 3.59. The van der Waals surface area contributed by atoms with E-state index in [2.05, 4.69) is 50.3 Å². The SMILES string of the molecule is CC1=CC(C)(c2ccccc2)CC(C)O1. The molecule has 0 amide bonds. The quantitative estimate of drug-likeness (QED) is 0.675. The predicted octanol–water partition coefficient (Wildman–Crippen LogP) is 3.66. The molecule has 1 aliphatic rings. The van der Waals surface area contributed by atoms with Gasteiger partial charge in [0, 0.05) is 5.41 Å². The lowest BCUT2D eigenvalue weighted by Gasteiger charge is -2.35. The lowest BCUT2D eigenvalue weighted by Crippen LogP contribution is -2.30. The molecular weight excluding hydrogens is 184 g/mol. The molecule has 1 heteroatoms. The Bertz CT molecular complexity index is 366. The van der Waals surface area contributed by atoms with Crippen molar-refractivity contribution < 1.29 is 4.74 Å². The van der Waals surface area contributed by atoms with E-state index < -0.39 is 0 Å². The van der Waals surface area contributed by atoms with Gasteiger partial charge in [0.05, 0.1) is 11.9 Å². The predicted molar refractivity (Wildman–Crippen MR) is 62.7 cm³/mol. The Hall–Kier alpha value is -1.24. The maximum Gasteiger partial charge on any atom is 0.0965 e. The van der Waals surface area contributed by atoms with Crippen LogP contribution in [0.2, 0.25) is 0 Å². The van der Waals surface area contributed by atoms with Crippen LogP contribution in [0.15, 0.2) is 42.2 Å². The Kier molecular flexibility index (Phi) is 2.56. The monoisotopic (exact) mass is 202 g/mol. The van der Waals surface area contributed by atoms with Crippen LogP contribution in [0.1, 0.15) is 32.8 Å². The van der Waals surface area contributed by atoms with Gasteiger partial charge in [-0.05, 0) is 31.9 Å². The van der Waals surface area contributed by atoms with Gasteiger partial charge in [0.15, 0.2) is 0 Å². The van der Waals surface area contributed by atoms with Crippen LogP contribution < -0.4 is 0 Å². The van der Waals surface area contributed by atoms with E-state index in [1.54, 1.807) is 0 Å². The van der Waals surface area contributed by atoms with Crippen molar-refractivity contribution in [1.82, 2.24) is 0 Å². The summed E-state index contributed by atoms with van der Waals surface area (Å²) >= 11 is 0. The molecule has 0 spiro atoms. The van der Waals surface area contributed by atoms with Gasteiger partial charge in [0.1, 0.15) is 0 Å². The lowest BCUT2D eigenvalue weighted by atomic mass is 9.76. The van der Waals surface area contributed by atoms with Crippen LogP contribution in [-0.4, -0.2) is 6.10 Å². The summed E-state index contributed by atoms with van der Waals surface area (Å²) in [5, 5.41) is 0. The minimum absolute atomic E-state index is 0.128. The summed E-state index contributed by atoms with van der Waals surface area (Å²) in [5.74, 6) is 1.04. The molecular formula is C14H18O. The van der Waals surface area contributed by atoms with E-state index in [1.807, 2.05) is 6.92 Å². The Morgan fingerprint density at radius 1 is 1.27 bits per heavy atom. The molecule has 0 radical (unpaired) electrons. The zero-order valence-corrected chi connectivity index (χ0v) is 9.66. The van der Waals surface area contributed by atoms with Crippen molar-refractivity contribution in [2.75, 3.05) is 0 Å². The fourth-order valence-electron chi connectivity index (χ4n) is 2.52. The van der Waals surface area contributed by atoms with Crippen LogP contribution in [0.4, 0.5) is 0 Å². The van der Waals surface area contributed by atoms with Gasteiger partial charge in [0.25, 0.3) is 0 Å². The smallest absolute Gasteiger partial charge is 0.0965 e. The fourth-order valence-corrected chi connectivity index (χ4v) is 2.52.